The molecule has 0 spiro atoms. The molecule has 0 aliphatic heterocycles. The second kappa shape index (κ2) is 6.65. The van der Waals surface area contributed by atoms with Gasteiger partial charge < -0.3 is 14.8 Å². The molecule has 0 bridgehead atoms. The number of nitrogens with one attached hydrogen (secondary N) is 1. The fourth-order valence-corrected chi connectivity index (χ4v) is 2.31. The molecular formula is C14H12Cl2N2O3. The summed E-state index contributed by atoms with van der Waals surface area (Å²) in [5.41, 5.74) is 0.852. The van der Waals surface area contributed by atoms with E-state index in [-0.39, 0.29) is 16.0 Å². The van der Waals surface area contributed by atoms with Crippen molar-refractivity contribution in [1.29, 1.82) is 0 Å². The molecule has 1 amide bonds. The second-order valence-electron chi connectivity index (χ2n) is 4.02. The first-order valence-corrected chi connectivity index (χ1v) is 6.65. The van der Waals surface area contributed by atoms with Crippen LogP contribution in [-0.2, 0) is 0 Å². The zero-order chi connectivity index (χ0) is 15.4. The lowest BCUT2D eigenvalue weighted by Gasteiger charge is -2.09. The second-order valence-corrected chi connectivity index (χ2v) is 4.83. The fraction of sp³-hybridized carbons (Fsp3) is 0.143. The summed E-state index contributed by atoms with van der Waals surface area (Å²) in [5.74, 6) is 0.443. The molecule has 2 aromatic rings. The number of carbonyl (C=O) groups excluding carboxylic acids is 1. The Morgan fingerprint density at radius 1 is 1.14 bits per heavy atom. The van der Waals surface area contributed by atoms with E-state index in [2.05, 4.69) is 10.3 Å². The zero-order valence-electron chi connectivity index (χ0n) is 11.3. The van der Waals surface area contributed by atoms with Gasteiger partial charge in [-0.2, -0.15) is 0 Å². The van der Waals surface area contributed by atoms with Crippen molar-refractivity contribution in [3.63, 3.8) is 0 Å². The molecular weight excluding hydrogens is 315 g/mol. The van der Waals surface area contributed by atoms with Crippen LogP contribution < -0.4 is 14.8 Å². The zero-order valence-corrected chi connectivity index (χ0v) is 12.8. The molecule has 7 heteroatoms. The Morgan fingerprint density at radius 3 is 2.29 bits per heavy atom. The molecule has 0 unspecified atom stereocenters. The summed E-state index contributed by atoms with van der Waals surface area (Å²) in [7, 11) is 2.97. The third-order valence-electron chi connectivity index (χ3n) is 2.67. The number of ether oxygens (including phenoxy) is 2. The van der Waals surface area contributed by atoms with Gasteiger partial charge in [-0.3, -0.25) is 4.79 Å². The molecule has 0 saturated carbocycles. The quantitative estimate of drug-likeness (QED) is 0.931. The number of hydrogen-bond donors (Lipinski definition) is 1. The molecule has 0 saturated heterocycles. The van der Waals surface area contributed by atoms with E-state index in [1.165, 1.54) is 32.5 Å². The number of rotatable bonds is 4. The summed E-state index contributed by atoms with van der Waals surface area (Å²) < 4.78 is 9.98. The molecule has 0 atom stereocenters. The summed E-state index contributed by atoms with van der Waals surface area (Å²) in [6, 6.07) is 6.29. The van der Waals surface area contributed by atoms with E-state index in [1.54, 1.807) is 12.1 Å². The highest BCUT2D eigenvalue weighted by Gasteiger charge is 2.13. The number of halogens is 2. The van der Waals surface area contributed by atoms with E-state index < -0.39 is 0 Å². The molecule has 5 nitrogen and oxygen atoms in total. The Bertz CT molecular complexity index is 637. The average Bonchev–Trinajstić information content (AvgIpc) is 2.47. The molecule has 21 heavy (non-hydrogen) atoms. The monoisotopic (exact) mass is 326 g/mol. The maximum absolute atomic E-state index is 12.1. The van der Waals surface area contributed by atoms with Gasteiger partial charge in [-0.05, 0) is 18.2 Å². The number of methoxy groups -OCH3 is 2. The molecule has 1 aromatic heterocycles. The molecule has 0 aliphatic carbocycles. The molecule has 1 N–H and O–H groups in total. The predicted molar refractivity (Wildman–Crippen MR) is 81.8 cm³/mol. The van der Waals surface area contributed by atoms with Crippen LogP contribution in [-0.4, -0.2) is 25.1 Å². The predicted octanol–water partition coefficient (Wildman–Crippen LogP) is 3.66. The van der Waals surface area contributed by atoms with Crippen molar-refractivity contribution >= 4 is 34.8 Å². The molecule has 0 fully saturated rings. The number of carbonyl (C=O) groups is 1. The number of hydrogen-bond acceptors (Lipinski definition) is 4. The van der Waals surface area contributed by atoms with Crippen molar-refractivity contribution in [3.8, 4) is 11.6 Å². The van der Waals surface area contributed by atoms with E-state index in [0.717, 1.165) is 0 Å². The minimum atomic E-state index is -0.353. The Balaban J connectivity index is 2.20. The van der Waals surface area contributed by atoms with Crippen molar-refractivity contribution in [2.75, 3.05) is 19.5 Å². The summed E-state index contributed by atoms with van der Waals surface area (Å²) in [5, 5.41) is 3.22. The van der Waals surface area contributed by atoms with E-state index in [4.69, 9.17) is 32.7 Å². The smallest absolute Gasteiger partial charge is 0.255 e. The van der Waals surface area contributed by atoms with E-state index in [9.17, 15) is 4.79 Å². The van der Waals surface area contributed by atoms with Gasteiger partial charge in [0, 0.05) is 11.6 Å². The van der Waals surface area contributed by atoms with Crippen LogP contribution in [0, 0.1) is 0 Å². The maximum atomic E-state index is 12.1. The number of amides is 1. The van der Waals surface area contributed by atoms with Crippen molar-refractivity contribution in [3.05, 3.63) is 46.1 Å². The maximum Gasteiger partial charge on any atom is 0.255 e. The van der Waals surface area contributed by atoms with Crippen molar-refractivity contribution < 1.29 is 14.3 Å². The van der Waals surface area contributed by atoms with E-state index >= 15 is 0 Å². The lowest BCUT2D eigenvalue weighted by atomic mass is 10.2. The SMILES string of the molecule is COc1ccc(NC(=O)c2cc(Cl)c(OC)c(Cl)c2)cn1. The minimum Gasteiger partial charge on any atom is -0.494 e. The van der Waals surface area contributed by atoms with Crippen molar-refractivity contribution in [2.45, 2.75) is 0 Å². The van der Waals surface area contributed by atoms with Gasteiger partial charge in [-0.1, -0.05) is 23.2 Å². The largest absolute Gasteiger partial charge is 0.494 e. The van der Waals surface area contributed by atoms with Gasteiger partial charge in [-0.15, -0.1) is 0 Å². The Morgan fingerprint density at radius 2 is 1.81 bits per heavy atom. The van der Waals surface area contributed by atoms with Gasteiger partial charge in [-0.25, -0.2) is 4.98 Å². The average molecular weight is 327 g/mol. The number of nitrogens with zero attached hydrogens (tertiary/aromatic N) is 1. The molecule has 2 rings (SSSR count). The van der Waals surface area contributed by atoms with Gasteiger partial charge in [0.1, 0.15) is 0 Å². The molecule has 110 valence electrons. The topological polar surface area (TPSA) is 60.5 Å². The Labute approximate surface area is 131 Å². The number of pyridine rings is 1. The minimum absolute atomic E-state index is 0.267. The van der Waals surface area contributed by atoms with Gasteiger partial charge in [0.15, 0.2) is 5.75 Å². The molecule has 1 aromatic carbocycles. The van der Waals surface area contributed by atoms with Gasteiger partial charge in [0.25, 0.3) is 5.91 Å². The third kappa shape index (κ3) is 3.56. The molecule has 0 radical (unpaired) electrons. The van der Waals surface area contributed by atoms with Crippen LogP contribution in [0.3, 0.4) is 0 Å². The van der Waals surface area contributed by atoms with Crippen molar-refractivity contribution in [1.82, 2.24) is 4.98 Å². The van der Waals surface area contributed by atoms with E-state index in [1.807, 2.05) is 0 Å². The lowest BCUT2D eigenvalue weighted by Crippen LogP contribution is -2.12. The highest BCUT2D eigenvalue weighted by Crippen LogP contribution is 2.34. The van der Waals surface area contributed by atoms with Crippen LogP contribution in [0.25, 0.3) is 0 Å². The number of anilines is 1. The van der Waals surface area contributed by atoms with Crippen LogP contribution in [0.5, 0.6) is 11.6 Å². The third-order valence-corrected chi connectivity index (χ3v) is 3.23. The molecule has 0 aliphatic rings. The van der Waals surface area contributed by atoms with E-state index in [0.29, 0.717) is 22.9 Å². The first kappa shape index (κ1) is 15.4. The summed E-state index contributed by atoms with van der Waals surface area (Å²) in [4.78, 5) is 16.1. The standard InChI is InChI=1S/C14H12Cl2N2O3/c1-20-12-4-3-9(7-17-12)18-14(19)8-5-10(15)13(21-2)11(16)6-8/h3-7H,1-2H3,(H,18,19). The lowest BCUT2D eigenvalue weighted by molar-refractivity contribution is 0.102. The summed E-state index contributed by atoms with van der Waals surface area (Å²) in [6.45, 7) is 0. The van der Waals surface area contributed by atoms with Crippen LogP contribution in [0.1, 0.15) is 10.4 Å². The van der Waals surface area contributed by atoms with Crippen LogP contribution in [0.4, 0.5) is 5.69 Å². The normalized spacial score (nSPS) is 10.1. The van der Waals surface area contributed by atoms with Crippen LogP contribution in [0.2, 0.25) is 10.0 Å². The summed E-state index contributed by atoms with van der Waals surface area (Å²) >= 11 is 12.0. The number of benzene rings is 1. The van der Waals surface area contributed by atoms with Crippen LogP contribution >= 0.6 is 23.2 Å². The highest BCUT2D eigenvalue weighted by molar-refractivity contribution is 6.37. The Kier molecular flexibility index (Phi) is 4.88. The highest BCUT2D eigenvalue weighted by atomic mass is 35.5. The first-order chi connectivity index (χ1) is 10.0. The van der Waals surface area contributed by atoms with Crippen LogP contribution in [0.15, 0.2) is 30.5 Å². The van der Waals surface area contributed by atoms with Crippen molar-refractivity contribution in [2.24, 2.45) is 0 Å². The number of aromatic nitrogens is 1. The fourth-order valence-electron chi connectivity index (χ4n) is 1.66. The van der Waals surface area contributed by atoms with Gasteiger partial charge in [0.2, 0.25) is 5.88 Å². The van der Waals surface area contributed by atoms with Gasteiger partial charge in [0.05, 0.1) is 36.1 Å². The molecule has 1 heterocycles. The van der Waals surface area contributed by atoms with Gasteiger partial charge >= 0.3 is 0 Å². The summed E-state index contributed by atoms with van der Waals surface area (Å²) in [6.07, 6.45) is 1.49. The first-order valence-electron chi connectivity index (χ1n) is 5.89. The Hall–Kier alpha value is -1.98.